The number of rotatable bonds is 2. The molecule has 0 unspecified atom stereocenters. The minimum Gasteiger partial charge on any atom is -0.340 e. The molecule has 2 fully saturated rings. The van der Waals surface area contributed by atoms with Gasteiger partial charge in [0.05, 0.1) is 12.0 Å². The molecule has 1 saturated carbocycles. The molecule has 1 saturated heterocycles. The van der Waals surface area contributed by atoms with E-state index in [1.165, 1.54) is 37.7 Å². The number of fused-ring (bicyclic) bond motifs is 4. The lowest BCUT2D eigenvalue weighted by molar-refractivity contribution is -0.137. The smallest absolute Gasteiger partial charge is 0.254 e. The molecule has 0 radical (unpaired) electrons. The van der Waals surface area contributed by atoms with Crippen LogP contribution in [0.15, 0.2) is 48.5 Å². The third-order valence-corrected chi connectivity index (χ3v) is 8.42. The van der Waals surface area contributed by atoms with Crippen molar-refractivity contribution in [3.05, 3.63) is 70.8 Å². The van der Waals surface area contributed by atoms with E-state index in [0.717, 1.165) is 43.7 Å². The van der Waals surface area contributed by atoms with Gasteiger partial charge in [0.15, 0.2) is 0 Å². The van der Waals surface area contributed by atoms with Crippen molar-refractivity contribution in [2.75, 3.05) is 32.7 Å². The molecule has 0 spiro atoms. The van der Waals surface area contributed by atoms with E-state index in [4.69, 9.17) is 0 Å². The molecular formula is C28H33N3O2. The van der Waals surface area contributed by atoms with Crippen molar-refractivity contribution in [3.8, 4) is 0 Å². The molecule has 3 aliphatic heterocycles. The Morgan fingerprint density at radius 1 is 0.788 bits per heavy atom. The number of benzene rings is 2. The summed E-state index contributed by atoms with van der Waals surface area (Å²) in [6.07, 6.45) is 7.51. The maximum Gasteiger partial charge on any atom is 0.254 e. The minimum absolute atomic E-state index is 0.0660. The van der Waals surface area contributed by atoms with Gasteiger partial charge in [0, 0.05) is 44.3 Å². The van der Waals surface area contributed by atoms with E-state index in [-0.39, 0.29) is 23.8 Å². The highest BCUT2D eigenvalue weighted by molar-refractivity contribution is 6.01. The summed E-state index contributed by atoms with van der Waals surface area (Å²) in [4.78, 5) is 34.2. The van der Waals surface area contributed by atoms with Crippen LogP contribution in [0.2, 0.25) is 0 Å². The van der Waals surface area contributed by atoms with Crippen molar-refractivity contribution < 1.29 is 9.59 Å². The third kappa shape index (κ3) is 3.57. The van der Waals surface area contributed by atoms with Gasteiger partial charge in [-0.3, -0.25) is 14.5 Å². The number of nitrogens with zero attached hydrogens (tertiary/aromatic N) is 3. The fraction of sp³-hybridized carbons (Fsp3) is 0.500. The Hall–Kier alpha value is -2.66. The zero-order valence-corrected chi connectivity index (χ0v) is 19.3. The number of carbonyl (C=O) groups is 2. The van der Waals surface area contributed by atoms with Crippen molar-refractivity contribution >= 4 is 11.8 Å². The van der Waals surface area contributed by atoms with Crippen LogP contribution in [0.1, 0.15) is 71.1 Å². The second-order valence-corrected chi connectivity index (χ2v) is 10.1. The van der Waals surface area contributed by atoms with Gasteiger partial charge >= 0.3 is 0 Å². The average Bonchev–Trinajstić information content (AvgIpc) is 2.89. The van der Waals surface area contributed by atoms with Crippen LogP contribution in [0.3, 0.4) is 0 Å². The monoisotopic (exact) mass is 443 g/mol. The standard InChI is InChI=1S/C28H33N3O2/c32-27-24-13-7-6-12-23(24)25(26-22-11-5-4-8-20(22)14-15-31(26)27)28(33)30-18-16-29(17-19-30)21-9-2-1-3-10-21/h4-8,11-13,21,25-26H,1-3,9-10,14-19H2/t25-,26-/m0/s1. The third-order valence-electron chi connectivity index (χ3n) is 8.42. The fourth-order valence-electron chi connectivity index (χ4n) is 6.69. The Morgan fingerprint density at radius 3 is 2.27 bits per heavy atom. The normalized spacial score (nSPS) is 25.9. The summed E-state index contributed by atoms with van der Waals surface area (Å²) in [5.74, 6) is -0.0807. The van der Waals surface area contributed by atoms with Gasteiger partial charge in [-0.1, -0.05) is 61.7 Å². The van der Waals surface area contributed by atoms with Crippen LogP contribution in [0, 0.1) is 0 Å². The van der Waals surface area contributed by atoms with Gasteiger partial charge in [0.1, 0.15) is 0 Å². The highest BCUT2D eigenvalue weighted by atomic mass is 16.2. The number of hydrogen-bond acceptors (Lipinski definition) is 3. The molecule has 0 bridgehead atoms. The predicted molar refractivity (Wildman–Crippen MR) is 128 cm³/mol. The van der Waals surface area contributed by atoms with Gasteiger partial charge in [-0.15, -0.1) is 0 Å². The van der Waals surface area contributed by atoms with Gasteiger partial charge in [-0.05, 0) is 42.0 Å². The largest absolute Gasteiger partial charge is 0.340 e. The van der Waals surface area contributed by atoms with E-state index in [1.54, 1.807) is 0 Å². The van der Waals surface area contributed by atoms with Gasteiger partial charge < -0.3 is 9.80 Å². The van der Waals surface area contributed by atoms with Gasteiger partial charge in [0.25, 0.3) is 5.91 Å². The van der Waals surface area contributed by atoms with Crippen molar-refractivity contribution in [2.24, 2.45) is 0 Å². The quantitative estimate of drug-likeness (QED) is 0.705. The SMILES string of the molecule is O=C([C@H]1c2ccccc2C(=O)N2CCc3ccccc3[C@@H]12)N1CCN(C2CCCCC2)CC1. The van der Waals surface area contributed by atoms with Gasteiger partial charge in [-0.25, -0.2) is 0 Å². The maximum absolute atomic E-state index is 14.1. The van der Waals surface area contributed by atoms with Crippen molar-refractivity contribution in [1.29, 1.82) is 0 Å². The molecule has 5 heteroatoms. The summed E-state index contributed by atoms with van der Waals surface area (Å²) in [6.45, 7) is 4.18. The average molecular weight is 444 g/mol. The summed E-state index contributed by atoms with van der Waals surface area (Å²) in [7, 11) is 0. The van der Waals surface area contributed by atoms with E-state index in [0.29, 0.717) is 18.2 Å². The molecular weight excluding hydrogens is 410 g/mol. The first-order chi connectivity index (χ1) is 16.2. The zero-order chi connectivity index (χ0) is 22.4. The molecule has 5 nitrogen and oxygen atoms in total. The first kappa shape index (κ1) is 20.9. The molecule has 4 aliphatic rings. The van der Waals surface area contributed by atoms with E-state index in [1.807, 2.05) is 35.2 Å². The number of amides is 2. The Labute approximate surface area is 196 Å². The number of hydrogen-bond donors (Lipinski definition) is 0. The Bertz CT molecular complexity index is 1050. The van der Waals surface area contributed by atoms with E-state index in [2.05, 4.69) is 28.0 Å². The molecule has 2 aromatic rings. The van der Waals surface area contributed by atoms with Crippen LogP contribution in [0.5, 0.6) is 0 Å². The van der Waals surface area contributed by atoms with Crippen LogP contribution < -0.4 is 0 Å². The minimum atomic E-state index is -0.332. The molecule has 6 rings (SSSR count). The lowest BCUT2D eigenvalue weighted by Crippen LogP contribution is -2.56. The van der Waals surface area contributed by atoms with Crippen LogP contribution in [-0.2, 0) is 11.2 Å². The second-order valence-electron chi connectivity index (χ2n) is 10.1. The number of carbonyl (C=O) groups excluding carboxylic acids is 2. The first-order valence-electron chi connectivity index (χ1n) is 12.7. The summed E-state index contributed by atoms with van der Waals surface area (Å²) >= 11 is 0. The zero-order valence-electron chi connectivity index (χ0n) is 19.3. The van der Waals surface area contributed by atoms with Crippen molar-refractivity contribution in [1.82, 2.24) is 14.7 Å². The molecule has 33 heavy (non-hydrogen) atoms. The van der Waals surface area contributed by atoms with E-state index in [9.17, 15) is 9.59 Å². The lowest BCUT2D eigenvalue weighted by atomic mass is 9.75. The first-order valence-corrected chi connectivity index (χ1v) is 12.7. The summed E-state index contributed by atoms with van der Waals surface area (Å²) < 4.78 is 0. The predicted octanol–water partition coefficient (Wildman–Crippen LogP) is 4.00. The second kappa shape index (κ2) is 8.60. The molecule has 2 aromatic carbocycles. The summed E-state index contributed by atoms with van der Waals surface area (Å²) in [5.41, 5.74) is 4.02. The Balaban J connectivity index is 1.31. The molecule has 1 aliphatic carbocycles. The molecule has 0 aromatic heterocycles. The molecule has 2 amide bonds. The van der Waals surface area contributed by atoms with Crippen molar-refractivity contribution in [2.45, 2.75) is 56.5 Å². The summed E-state index contributed by atoms with van der Waals surface area (Å²) in [6, 6.07) is 16.7. The topological polar surface area (TPSA) is 43.9 Å². The lowest BCUT2D eigenvalue weighted by Gasteiger charge is -2.47. The van der Waals surface area contributed by atoms with Crippen molar-refractivity contribution in [3.63, 3.8) is 0 Å². The number of piperazine rings is 1. The molecule has 0 N–H and O–H groups in total. The molecule has 3 heterocycles. The highest BCUT2D eigenvalue weighted by Crippen LogP contribution is 2.46. The highest BCUT2D eigenvalue weighted by Gasteiger charge is 2.47. The summed E-state index contributed by atoms with van der Waals surface area (Å²) in [5, 5.41) is 0. The molecule has 2 atom stereocenters. The van der Waals surface area contributed by atoms with Gasteiger partial charge in [0.2, 0.25) is 5.91 Å². The van der Waals surface area contributed by atoms with E-state index < -0.39 is 0 Å². The Morgan fingerprint density at radius 2 is 1.48 bits per heavy atom. The maximum atomic E-state index is 14.1. The fourth-order valence-corrected chi connectivity index (χ4v) is 6.69. The van der Waals surface area contributed by atoms with Crippen LogP contribution >= 0.6 is 0 Å². The van der Waals surface area contributed by atoms with Crippen LogP contribution in [0.25, 0.3) is 0 Å². The van der Waals surface area contributed by atoms with E-state index >= 15 is 0 Å². The molecule has 172 valence electrons. The Kier molecular flexibility index (Phi) is 5.45. The van der Waals surface area contributed by atoms with Crippen LogP contribution in [0.4, 0.5) is 0 Å². The van der Waals surface area contributed by atoms with Crippen LogP contribution in [-0.4, -0.2) is 65.3 Å². The van der Waals surface area contributed by atoms with Gasteiger partial charge in [-0.2, -0.15) is 0 Å².